The zero-order valence-electron chi connectivity index (χ0n) is 9.81. The number of aliphatic hydroxyl groups is 1. The predicted octanol–water partition coefficient (Wildman–Crippen LogP) is 3.00. The zero-order valence-corrected chi connectivity index (χ0v) is 10.6. The van der Waals surface area contributed by atoms with Crippen LogP contribution >= 0.6 is 11.6 Å². The van der Waals surface area contributed by atoms with Crippen molar-refractivity contribution in [3.05, 3.63) is 34.9 Å². The second-order valence-electron chi connectivity index (χ2n) is 4.64. The van der Waals surface area contributed by atoms with Crippen LogP contribution in [0.4, 0.5) is 0 Å². The molecule has 92 valence electrons. The van der Waals surface area contributed by atoms with Crippen molar-refractivity contribution in [3.63, 3.8) is 0 Å². The van der Waals surface area contributed by atoms with E-state index in [9.17, 15) is 15.6 Å². The van der Waals surface area contributed by atoms with Gasteiger partial charge in [-0.05, 0) is 30.5 Å². The second-order valence-corrected chi connectivity index (χ2v) is 5.08. The van der Waals surface area contributed by atoms with Gasteiger partial charge in [-0.15, -0.1) is 0 Å². The van der Waals surface area contributed by atoms with Gasteiger partial charge in [0, 0.05) is 10.9 Å². The molecule has 3 nitrogen and oxygen atoms in total. The number of halogens is 1. The number of hydrogen-bond acceptors (Lipinski definition) is 3. The number of hydrogen-bond donors (Lipinski definition) is 1. The average Bonchev–Trinajstić information content (AvgIpc) is 2.40. The smallest absolute Gasteiger partial charge is 0.176 e. The van der Waals surface area contributed by atoms with Gasteiger partial charge < -0.3 is 5.11 Å². The van der Waals surface area contributed by atoms with E-state index < -0.39 is 11.5 Å². The quantitative estimate of drug-likeness (QED) is 0.844. The van der Waals surface area contributed by atoms with Crippen molar-refractivity contribution in [2.45, 2.75) is 31.3 Å². The molecule has 2 atom stereocenters. The van der Waals surface area contributed by atoms with Gasteiger partial charge in [0.05, 0.1) is 18.2 Å². The molecule has 1 aliphatic carbocycles. The summed E-state index contributed by atoms with van der Waals surface area (Å²) in [6, 6.07) is 11.2. The van der Waals surface area contributed by atoms with Gasteiger partial charge in [0.15, 0.2) is 5.41 Å². The van der Waals surface area contributed by atoms with E-state index >= 15 is 0 Å². The van der Waals surface area contributed by atoms with Crippen LogP contribution in [0.25, 0.3) is 0 Å². The van der Waals surface area contributed by atoms with Crippen LogP contribution in [0.15, 0.2) is 24.3 Å². The van der Waals surface area contributed by atoms with Gasteiger partial charge in [-0.3, -0.25) is 0 Å². The van der Waals surface area contributed by atoms with Crippen LogP contribution in [0.3, 0.4) is 0 Å². The number of nitriles is 2. The molecule has 4 heteroatoms. The molecular formula is C14H13ClN2O. The zero-order chi connectivity index (χ0) is 13.2. The molecule has 18 heavy (non-hydrogen) atoms. The SMILES string of the molecule is N#CC1(C#N)C(O)CCCC1c1ccc(Cl)cc1. The molecule has 0 radical (unpaired) electrons. The Morgan fingerprint density at radius 1 is 1.17 bits per heavy atom. The predicted molar refractivity (Wildman–Crippen MR) is 67.7 cm³/mol. The summed E-state index contributed by atoms with van der Waals surface area (Å²) in [6.07, 6.45) is 1.17. The lowest BCUT2D eigenvalue weighted by atomic mass is 9.64. The third-order valence-corrected chi connectivity index (χ3v) is 3.94. The van der Waals surface area contributed by atoms with Gasteiger partial charge in [-0.1, -0.05) is 30.2 Å². The molecule has 1 fully saturated rings. The van der Waals surface area contributed by atoms with E-state index in [1.54, 1.807) is 12.1 Å². The summed E-state index contributed by atoms with van der Waals surface area (Å²) >= 11 is 5.84. The van der Waals surface area contributed by atoms with Gasteiger partial charge in [0.2, 0.25) is 0 Å². The molecule has 0 aromatic heterocycles. The highest BCUT2D eigenvalue weighted by molar-refractivity contribution is 6.30. The van der Waals surface area contributed by atoms with Crippen LogP contribution < -0.4 is 0 Å². The van der Waals surface area contributed by atoms with Crippen LogP contribution in [0.5, 0.6) is 0 Å². The van der Waals surface area contributed by atoms with Crippen LogP contribution in [-0.4, -0.2) is 11.2 Å². The fraction of sp³-hybridized carbons (Fsp3) is 0.429. The Balaban J connectivity index is 2.45. The van der Waals surface area contributed by atoms with E-state index in [1.807, 2.05) is 24.3 Å². The Bertz CT molecular complexity index is 498. The molecule has 0 heterocycles. The third-order valence-electron chi connectivity index (χ3n) is 3.69. The van der Waals surface area contributed by atoms with Crippen molar-refractivity contribution in [1.82, 2.24) is 0 Å². The largest absolute Gasteiger partial charge is 0.390 e. The molecule has 0 spiro atoms. The van der Waals surface area contributed by atoms with Gasteiger partial charge >= 0.3 is 0 Å². The maximum Gasteiger partial charge on any atom is 0.176 e. The second kappa shape index (κ2) is 4.98. The first-order valence-electron chi connectivity index (χ1n) is 5.90. The normalized spacial score (nSPS) is 26.0. The maximum absolute atomic E-state index is 10.0. The lowest BCUT2D eigenvalue weighted by Gasteiger charge is -2.37. The summed E-state index contributed by atoms with van der Waals surface area (Å²) in [6.45, 7) is 0. The van der Waals surface area contributed by atoms with Gasteiger partial charge in [0.1, 0.15) is 0 Å². The van der Waals surface area contributed by atoms with Crippen LogP contribution in [0.2, 0.25) is 5.02 Å². The van der Waals surface area contributed by atoms with Crippen LogP contribution in [0.1, 0.15) is 30.7 Å². The summed E-state index contributed by atoms with van der Waals surface area (Å²) in [4.78, 5) is 0. The third kappa shape index (κ3) is 1.97. The van der Waals surface area contributed by atoms with Crippen LogP contribution in [0, 0.1) is 28.1 Å². The Hall–Kier alpha value is -1.55. The van der Waals surface area contributed by atoms with E-state index in [0.717, 1.165) is 18.4 Å². The lowest BCUT2D eigenvalue weighted by Crippen LogP contribution is -2.41. The fourth-order valence-corrected chi connectivity index (χ4v) is 2.78. The molecule has 2 unspecified atom stereocenters. The summed E-state index contributed by atoms with van der Waals surface area (Å²) in [5.41, 5.74) is -0.451. The Labute approximate surface area is 111 Å². The molecule has 1 aromatic rings. The summed E-state index contributed by atoms with van der Waals surface area (Å²) in [5, 5.41) is 29.3. The number of benzene rings is 1. The molecule has 1 N–H and O–H groups in total. The molecule has 0 amide bonds. The molecule has 0 saturated heterocycles. The van der Waals surface area contributed by atoms with Crippen molar-refractivity contribution in [2.24, 2.45) is 5.41 Å². The summed E-state index contributed by atoms with van der Waals surface area (Å²) in [5.74, 6) is -0.256. The average molecular weight is 261 g/mol. The van der Waals surface area contributed by atoms with Gasteiger partial charge in [-0.25, -0.2) is 0 Å². The first-order chi connectivity index (χ1) is 8.64. The Morgan fingerprint density at radius 3 is 2.33 bits per heavy atom. The Kier molecular flexibility index (Phi) is 3.57. The minimum Gasteiger partial charge on any atom is -0.390 e. The van der Waals surface area contributed by atoms with Crippen molar-refractivity contribution in [3.8, 4) is 12.1 Å². The molecular weight excluding hydrogens is 248 g/mol. The fourth-order valence-electron chi connectivity index (χ4n) is 2.66. The van der Waals surface area contributed by atoms with Crippen molar-refractivity contribution in [2.75, 3.05) is 0 Å². The van der Waals surface area contributed by atoms with E-state index in [4.69, 9.17) is 11.6 Å². The Morgan fingerprint density at radius 2 is 1.78 bits per heavy atom. The molecule has 1 aliphatic rings. The summed E-state index contributed by atoms with van der Waals surface area (Å²) in [7, 11) is 0. The lowest BCUT2D eigenvalue weighted by molar-refractivity contribution is 0.0442. The molecule has 1 aromatic carbocycles. The monoisotopic (exact) mass is 260 g/mol. The van der Waals surface area contributed by atoms with Crippen molar-refractivity contribution >= 4 is 11.6 Å². The first kappa shape index (κ1) is 12.9. The van der Waals surface area contributed by atoms with Crippen molar-refractivity contribution in [1.29, 1.82) is 10.5 Å². The molecule has 1 saturated carbocycles. The molecule has 0 bridgehead atoms. The van der Waals surface area contributed by atoms with Crippen LogP contribution in [-0.2, 0) is 0 Å². The van der Waals surface area contributed by atoms with E-state index in [-0.39, 0.29) is 5.92 Å². The minimum absolute atomic E-state index is 0.256. The number of rotatable bonds is 1. The highest BCUT2D eigenvalue weighted by Gasteiger charge is 2.49. The summed E-state index contributed by atoms with van der Waals surface area (Å²) < 4.78 is 0. The van der Waals surface area contributed by atoms with E-state index in [2.05, 4.69) is 0 Å². The van der Waals surface area contributed by atoms with E-state index in [0.29, 0.717) is 11.4 Å². The van der Waals surface area contributed by atoms with Gasteiger partial charge in [-0.2, -0.15) is 10.5 Å². The number of aliphatic hydroxyl groups excluding tert-OH is 1. The minimum atomic E-state index is -1.34. The van der Waals surface area contributed by atoms with E-state index in [1.165, 1.54) is 0 Å². The molecule has 0 aliphatic heterocycles. The molecule has 2 rings (SSSR count). The topological polar surface area (TPSA) is 67.8 Å². The number of nitrogens with zero attached hydrogens (tertiary/aromatic N) is 2. The maximum atomic E-state index is 10.0. The highest BCUT2D eigenvalue weighted by atomic mass is 35.5. The van der Waals surface area contributed by atoms with Gasteiger partial charge in [0.25, 0.3) is 0 Å². The highest BCUT2D eigenvalue weighted by Crippen LogP contribution is 2.46. The standard InChI is InChI=1S/C14H13ClN2O/c15-11-6-4-10(5-7-11)12-2-1-3-13(18)14(12,8-16)9-17/h4-7,12-13,18H,1-3H2. The van der Waals surface area contributed by atoms with Crippen molar-refractivity contribution < 1.29 is 5.11 Å². The first-order valence-corrected chi connectivity index (χ1v) is 6.28.